The molecule has 0 bridgehead atoms. The van der Waals surface area contributed by atoms with Crippen LogP contribution in [0, 0.1) is 0 Å². The molecule has 0 saturated carbocycles. The first-order chi connectivity index (χ1) is 7.74. The van der Waals surface area contributed by atoms with Crippen LogP contribution in [-0.2, 0) is 16.0 Å². The van der Waals surface area contributed by atoms with E-state index in [1.807, 2.05) is 24.3 Å². The van der Waals surface area contributed by atoms with E-state index < -0.39 is 5.97 Å². The van der Waals surface area contributed by atoms with Crippen molar-refractivity contribution in [2.45, 2.75) is 6.42 Å². The molecule has 0 spiro atoms. The van der Waals surface area contributed by atoms with Crippen molar-refractivity contribution in [2.24, 2.45) is 0 Å². The summed E-state index contributed by atoms with van der Waals surface area (Å²) in [5, 5.41) is 11.4. The molecule has 0 aromatic heterocycles. The van der Waals surface area contributed by atoms with Gasteiger partial charge in [-0.1, -0.05) is 18.2 Å². The summed E-state index contributed by atoms with van der Waals surface area (Å²) in [4.78, 5) is 10.3. The second-order valence-electron chi connectivity index (χ2n) is 3.22. The number of nitrogens with one attached hydrogen (secondary N) is 1. The van der Waals surface area contributed by atoms with Gasteiger partial charge < -0.3 is 15.2 Å². The third-order valence-corrected chi connectivity index (χ3v) is 2.06. The fourth-order valence-electron chi connectivity index (χ4n) is 1.29. The van der Waals surface area contributed by atoms with Crippen LogP contribution in [0.1, 0.15) is 5.56 Å². The number of carbonyl (C=O) groups is 1. The summed E-state index contributed by atoms with van der Waals surface area (Å²) in [6.45, 7) is 0.640. The predicted octanol–water partition coefficient (Wildman–Crippen LogP) is 1.89. The molecule has 0 atom stereocenters. The van der Waals surface area contributed by atoms with Gasteiger partial charge in [0.15, 0.2) is 0 Å². The van der Waals surface area contributed by atoms with E-state index in [1.165, 1.54) is 6.20 Å². The zero-order chi connectivity index (χ0) is 11.8. The Bertz CT molecular complexity index is 374. The van der Waals surface area contributed by atoms with Gasteiger partial charge in [-0.3, -0.25) is 0 Å². The predicted molar refractivity (Wildman–Crippen MR) is 62.4 cm³/mol. The Morgan fingerprint density at radius 3 is 2.94 bits per heavy atom. The number of ether oxygens (including phenoxy) is 1. The molecule has 4 heteroatoms. The van der Waals surface area contributed by atoms with Gasteiger partial charge in [0.05, 0.1) is 6.61 Å². The van der Waals surface area contributed by atoms with Crippen LogP contribution in [0.3, 0.4) is 0 Å². The van der Waals surface area contributed by atoms with Crippen molar-refractivity contribution in [3.8, 4) is 0 Å². The lowest BCUT2D eigenvalue weighted by Crippen LogP contribution is -2.00. The number of benzene rings is 1. The molecule has 0 aliphatic rings. The number of methoxy groups -OCH3 is 1. The minimum atomic E-state index is -0.970. The molecule has 0 unspecified atom stereocenters. The number of carboxylic acid groups (broad SMARTS) is 1. The molecule has 16 heavy (non-hydrogen) atoms. The van der Waals surface area contributed by atoms with E-state index in [2.05, 4.69) is 5.32 Å². The first-order valence-electron chi connectivity index (χ1n) is 4.97. The highest BCUT2D eigenvalue weighted by molar-refractivity contribution is 5.80. The maximum absolute atomic E-state index is 10.3. The second-order valence-corrected chi connectivity index (χ2v) is 3.22. The van der Waals surface area contributed by atoms with E-state index in [0.29, 0.717) is 6.61 Å². The topological polar surface area (TPSA) is 58.6 Å². The first-order valence-corrected chi connectivity index (χ1v) is 4.97. The Balaban J connectivity index is 2.66. The smallest absolute Gasteiger partial charge is 0.329 e. The van der Waals surface area contributed by atoms with Gasteiger partial charge in [-0.05, 0) is 18.1 Å². The number of carboxylic acids is 1. The quantitative estimate of drug-likeness (QED) is 0.720. The van der Waals surface area contributed by atoms with Crippen molar-refractivity contribution >= 4 is 11.7 Å². The fourth-order valence-corrected chi connectivity index (χ4v) is 1.29. The monoisotopic (exact) mass is 221 g/mol. The van der Waals surface area contributed by atoms with E-state index in [1.54, 1.807) is 7.11 Å². The summed E-state index contributed by atoms with van der Waals surface area (Å²) >= 11 is 0. The molecular formula is C12H15NO3. The van der Waals surface area contributed by atoms with Gasteiger partial charge in [0.1, 0.15) is 0 Å². The normalized spacial score (nSPS) is 10.6. The zero-order valence-electron chi connectivity index (χ0n) is 9.14. The highest BCUT2D eigenvalue weighted by atomic mass is 16.5. The van der Waals surface area contributed by atoms with Gasteiger partial charge in [-0.15, -0.1) is 0 Å². The van der Waals surface area contributed by atoms with Gasteiger partial charge in [0.2, 0.25) is 0 Å². The van der Waals surface area contributed by atoms with Crippen molar-refractivity contribution in [1.82, 2.24) is 0 Å². The molecule has 2 N–H and O–H groups in total. The Kier molecular flexibility index (Phi) is 5.08. The van der Waals surface area contributed by atoms with Crippen molar-refractivity contribution < 1.29 is 14.6 Å². The lowest BCUT2D eigenvalue weighted by Gasteiger charge is -2.08. The Labute approximate surface area is 94.6 Å². The molecule has 0 saturated heterocycles. The van der Waals surface area contributed by atoms with Crippen LogP contribution >= 0.6 is 0 Å². The molecule has 1 rings (SSSR count). The van der Waals surface area contributed by atoms with Crippen molar-refractivity contribution in [3.05, 3.63) is 42.1 Å². The van der Waals surface area contributed by atoms with Gasteiger partial charge in [0, 0.05) is 25.1 Å². The van der Waals surface area contributed by atoms with Crippen LogP contribution in [0.4, 0.5) is 5.69 Å². The van der Waals surface area contributed by atoms with Crippen molar-refractivity contribution in [3.63, 3.8) is 0 Å². The van der Waals surface area contributed by atoms with Gasteiger partial charge in [-0.2, -0.15) is 0 Å². The largest absolute Gasteiger partial charge is 0.478 e. The van der Waals surface area contributed by atoms with Gasteiger partial charge >= 0.3 is 5.97 Å². The number of rotatable bonds is 6. The second kappa shape index (κ2) is 6.63. The lowest BCUT2D eigenvalue weighted by molar-refractivity contribution is -0.131. The summed E-state index contributed by atoms with van der Waals surface area (Å²) in [6, 6.07) is 7.72. The Morgan fingerprint density at radius 1 is 1.50 bits per heavy atom. The summed E-state index contributed by atoms with van der Waals surface area (Å²) in [6.07, 6.45) is 3.27. The van der Waals surface area contributed by atoms with E-state index in [4.69, 9.17) is 9.84 Å². The number of hydrogen-bond acceptors (Lipinski definition) is 3. The average Bonchev–Trinajstić information content (AvgIpc) is 2.27. The van der Waals surface area contributed by atoms with E-state index >= 15 is 0 Å². The van der Waals surface area contributed by atoms with E-state index in [9.17, 15) is 4.79 Å². The Morgan fingerprint density at radius 2 is 2.25 bits per heavy atom. The molecule has 0 amide bonds. The van der Waals surface area contributed by atoms with Crippen LogP contribution in [-0.4, -0.2) is 24.8 Å². The van der Waals surface area contributed by atoms with Crippen molar-refractivity contribution in [2.75, 3.05) is 19.0 Å². The fraction of sp³-hybridized carbons (Fsp3) is 0.250. The molecule has 86 valence electrons. The molecule has 4 nitrogen and oxygen atoms in total. The van der Waals surface area contributed by atoms with Crippen LogP contribution in [0.2, 0.25) is 0 Å². The number of para-hydroxylation sites is 1. The van der Waals surface area contributed by atoms with Gasteiger partial charge in [-0.25, -0.2) is 4.79 Å². The number of hydrogen-bond donors (Lipinski definition) is 2. The van der Waals surface area contributed by atoms with Crippen LogP contribution in [0.15, 0.2) is 36.5 Å². The average molecular weight is 221 g/mol. The molecule has 0 radical (unpaired) electrons. The standard InChI is InChI=1S/C12H15NO3/c1-16-9-7-10-4-2-3-5-11(10)13-8-6-12(14)15/h2-6,8,13H,7,9H2,1H3,(H,14,15)/b8-6+. The summed E-state index contributed by atoms with van der Waals surface area (Å²) in [5.74, 6) is -0.970. The van der Waals surface area contributed by atoms with Crippen LogP contribution < -0.4 is 5.32 Å². The van der Waals surface area contributed by atoms with Crippen LogP contribution in [0.5, 0.6) is 0 Å². The summed E-state index contributed by atoms with van der Waals surface area (Å²) in [5.41, 5.74) is 2.00. The zero-order valence-corrected chi connectivity index (χ0v) is 9.14. The minimum absolute atomic E-state index is 0.640. The third-order valence-electron chi connectivity index (χ3n) is 2.06. The maximum atomic E-state index is 10.3. The van der Waals surface area contributed by atoms with Crippen LogP contribution in [0.25, 0.3) is 0 Å². The lowest BCUT2D eigenvalue weighted by atomic mass is 10.1. The summed E-state index contributed by atoms with van der Waals surface area (Å²) < 4.78 is 5.00. The number of aliphatic carboxylic acids is 1. The molecule has 0 heterocycles. The molecule has 1 aromatic rings. The van der Waals surface area contributed by atoms with E-state index in [-0.39, 0.29) is 0 Å². The molecule has 0 aliphatic heterocycles. The van der Waals surface area contributed by atoms with Crippen molar-refractivity contribution in [1.29, 1.82) is 0 Å². The molecule has 0 aliphatic carbocycles. The van der Waals surface area contributed by atoms with E-state index in [0.717, 1.165) is 23.7 Å². The van der Waals surface area contributed by atoms with Gasteiger partial charge in [0.25, 0.3) is 0 Å². The highest BCUT2D eigenvalue weighted by Crippen LogP contribution is 2.15. The molecule has 0 fully saturated rings. The first kappa shape index (κ1) is 12.3. The highest BCUT2D eigenvalue weighted by Gasteiger charge is 1.99. The summed E-state index contributed by atoms with van der Waals surface area (Å²) in [7, 11) is 1.65. The maximum Gasteiger partial charge on any atom is 0.329 e. The molecule has 1 aromatic carbocycles. The number of anilines is 1. The Hall–Kier alpha value is -1.81. The minimum Gasteiger partial charge on any atom is -0.478 e. The third kappa shape index (κ3) is 4.14. The molecular weight excluding hydrogens is 206 g/mol. The SMILES string of the molecule is COCCc1ccccc1N/C=C/C(=O)O.